The van der Waals surface area contributed by atoms with Gasteiger partial charge < -0.3 is 9.32 Å². The van der Waals surface area contributed by atoms with E-state index in [1.807, 2.05) is 18.2 Å². The molecular weight excluding hydrogens is 655 g/mol. The summed E-state index contributed by atoms with van der Waals surface area (Å²) in [5, 5.41) is 6.06. The highest BCUT2D eigenvalue weighted by molar-refractivity contribution is 5.97. The largest absolute Gasteiger partial charge is 0.456 e. The van der Waals surface area contributed by atoms with Gasteiger partial charge in [0.15, 0.2) is 0 Å². The second-order valence-corrected chi connectivity index (χ2v) is 13.8. The number of furan rings is 1. The van der Waals surface area contributed by atoms with E-state index < -0.39 is 0 Å². The number of hydrogen-bond donors (Lipinski definition) is 0. The van der Waals surface area contributed by atoms with Gasteiger partial charge in [-0.3, -0.25) is 0 Å². The first-order valence-electron chi connectivity index (χ1n) is 18.4. The molecule has 2 heteroatoms. The van der Waals surface area contributed by atoms with Gasteiger partial charge in [-0.05, 0) is 103 Å². The van der Waals surface area contributed by atoms with Crippen LogP contribution in [-0.4, -0.2) is 0 Å². The van der Waals surface area contributed by atoms with Crippen LogP contribution in [-0.2, 0) is 0 Å². The average molecular weight is 690 g/mol. The summed E-state index contributed by atoms with van der Waals surface area (Å²) in [6, 6.07) is 75.9. The molecule has 0 atom stereocenters. The normalized spacial score (nSPS) is 11.3. The van der Waals surface area contributed by atoms with Gasteiger partial charge in [0, 0.05) is 28.0 Å². The van der Waals surface area contributed by atoms with Gasteiger partial charge in [-0.2, -0.15) is 0 Å². The maximum absolute atomic E-state index is 6.30. The molecular formula is C52H35NO. The molecule has 0 unspecified atom stereocenters. The van der Waals surface area contributed by atoms with Crippen LogP contribution < -0.4 is 4.90 Å². The van der Waals surface area contributed by atoms with Crippen LogP contribution in [0.4, 0.5) is 17.1 Å². The van der Waals surface area contributed by atoms with Crippen LogP contribution in [0.5, 0.6) is 0 Å². The lowest BCUT2D eigenvalue weighted by Gasteiger charge is -2.26. The van der Waals surface area contributed by atoms with Gasteiger partial charge in [-0.1, -0.05) is 164 Å². The van der Waals surface area contributed by atoms with E-state index in [1.54, 1.807) is 0 Å². The van der Waals surface area contributed by atoms with Gasteiger partial charge in [0.1, 0.15) is 11.3 Å². The molecule has 0 N–H and O–H groups in total. The van der Waals surface area contributed by atoms with Crippen LogP contribution >= 0.6 is 0 Å². The summed E-state index contributed by atoms with van der Waals surface area (Å²) in [6.45, 7) is 0. The van der Waals surface area contributed by atoms with Crippen LogP contribution in [0.1, 0.15) is 0 Å². The van der Waals surface area contributed by atoms with Gasteiger partial charge >= 0.3 is 0 Å². The number of nitrogens with zero attached hydrogens (tertiary/aromatic N) is 1. The summed E-state index contributed by atoms with van der Waals surface area (Å²) in [5.41, 5.74) is 12.4. The van der Waals surface area contributed by atoms with Gasteiger partial charge in [0.2, 0.25) is 0 Å². The third kappa shape index (κ3) is 5.81. The molecule has 0 amide bonds. The smallest absolute Gasteiger partial charge is 0.136 e. The monoisotopic (exact) mass is 689 g/mol. The predicted molar refractivity (Wildman–Crippen MR) is 228 cm³/mol. The molecule has 0 saturated carbocycles. The fourth-order valence-electron chi connectivity index (χ4n) is 7.74. The Morgan fingerprint density at radius 2 is 0.796 bits per heavy atom. The maximum Gasteiger partial charge on any atom is 0.136 e. The number of fused-ring (bicyclic) bond motifs is 3. The Morgan fingerprint density at radius 3 is 1.54 bits per heavy atom. The lowest BCUT2D eigenvalue weighted by atomic mass is 9.96. The van der Waals surface area contributed by atoms with E-state index in [1.165, 1.54) is 43.8 Å². The molecule has 0 aliphatic carbocycles. The molecule has 0 fully saturated rings. The van der Waals surface area contributed by atoms with E-state index in [4.69, 9.17) is 4.42 Å². The molecule has 1 aromatic heterocycles. The van der Waals surface area contributed by atoms with E-state index >= 15 is 0 Å². The molecule has 0 radical (unpaired) electrons. The van der Waals surface area contributed by atoms with Crippen LogP contribution in [0.3, 0.4) is 0 Å². The molecule has 1 heterocycles. The summed E-state index contributed by atoms with van der Waals surface area (Å²) in [7, 11) is 0. The topological polar surface area (TPSA) is 16.4 Å². The highest BCUT2D eigenvalue weighted by atomic mass is 16.3. The van der Waals surface area contributed by atoms with Crippen LogP contribution in [0, 0.1) is 0 Å². The molecule has 9 aromatic carbocycles. The van der Waals surface area contributed by atoms with Crippen molar-refractivity contribution in [2.75, 3.05) is 4.90 Å². The highest BCUT2D eigenvalue weighted by Crippen LogP contribution is 2.40. The summed E-state index contributed by atoms with van der Waals surface area (Å²) < 4.78 is 6.30. The molecule has 10 rings (SSSR count). The van der Waals surface area contributed by atoms with Crippen molar-refractivity contribution >= 4 is 49.6 Å². The number of anilines is 3. The predicted octanol–water partition coefficient (Wildman–Crippen LogP) is 14.9. The molecule has 0 aliphatic rings. The first kappa shape index (κ1) is 31.6. The number of para-hydroxylation sites is 1. The lowest BCUT2D eigenvalue weighted by Crippen LogP contribution is -2.09. The molecule has 0 spiro atoms. The Labute approximate surface area is 314 Å². The molecule has 0 bridgehead atoms. The van der Waals surface area contributed by atoms with Crippen molar-refractivity contribution in [2.45, 2.75) is 0 Å². The first-order valence-corrected chi connectivity index (χ1v) is 18.4. The SMILES string of the molecule is c1ccc(-c2cc3ccccc3o2)c(-c2ccc(N(c3ccc(-c4ccc(-c5cccc6ccccc56)cc4)cc3)c3ccc4ccccc4c3)cc2)c1. The third-order valence-corrected chi connectivity index (χ3v) is 10.5. The molecule has 2 nitrogen and oxygen atoms in total. The summed E-state index contributed by atoms with van der Waals surface area (Å²) >= 11 is 0. The van der Waals surface area contributed by atoms with Gasteiger partial charge in [0.05, 0.1) is 0 Å². The second-order valence-electron chi connectivity index (χ2n) is 13.8. The Hall–Kier alpha value is -7.16. The zero-order valence-corrected chi connectivity index (χ0v) is 29.6. The number of rotatable bonds is 7. The maximum atomic E-state index is 6.30. The van der Waals surface area contributed by atoms with Gasteiger partial charge in [-0.15, -0.1) is 0 Å². The van der Waals surface area contributed by atoms with E-state index in [9.17, 15) is 0 Å². The van der Waals surface area contributed by atoms with Gasteiger partial charge in [-0.25, -0.2) is 0 Å². The van der Waals surface area contributed by atoms with Crippen molar-refractivity contribution in [1.29, 1.82) is 0 Å². The highest BCUT2D eigenvalue weighted by Gasteiger charge is 2.16. The van der Waals surface area contributed by atoms with Crippen molar-refractivity contribution < 1.29 is 4.42 Å². The molecule has 54 heavy (non-hydrogen) atoms. The van der Waals surface area contributed by atoms with Crippen LogP contribution in [0.2, 0.25) is 0 Å². The minimum atomic E-state index is 0.872. The third-order valence-electron chi connectivity index (χ3n) is 10.5. The van der Waals surface area contributed by atoms with Crippen molar-refractivity contribution in [2.24, 2.45) is 0 Å². The van der Waals surface area contributed by atoms with Gasteiger partial charge in [0.25, 0.3) is 0 Å². The minimum Gasteiger partial charge on any atom is -0.456 e. The number of benzene rings is 9. The van der Waals surface area contributed by atoms with E-state index in [0.29, 0.717) is 0 Å². The summed E-state index contributed by atoms with van der Waals surface area (Å²) in [4.78, 5) is 2.34. The molecule has 254 valence electrons. The lowest BCUT2D eigenvalue weighted by molar-refractivity contribution is 0.632. The van der Waals surface area contributed by atoms with Crippen molar-refractivity contribution in [3.8, 4) is 44.7 Å². The average Bonchev–Trinajstić information content (AvgIpc) is 3.69. The van der Waals surface area contributed by atoms with Crippen LogP contribution in [0.15, 0.2) is 217 Å². The zero-order valence-electron chi connectivity index (χ0n) is 29.6. The second kappa shape index (κ2) is 13.4. The molecule has 10 aromatic rings. The zero-order chi connectivity index (χ0) is 35.8. The quantitative estimate of drug-likeness (QED) is 0.166. The van der Waals surface area contributed by atoms with E-state index in [0.717, 1.165) is 50.5 Å². The van der Waals surface area contributed by atoms with Crippen molar-refractivity contribution in [1.82, 2.24) is 0 Å². The fraction of sp³-hybridized carbons (Fsp3) is 0. The van der Waals surface area contributed by atoms with Crippen molar-refractivity contribution in [3.63, 3.8) is 0 Å². The Morgan fingerprint density at radius 1 is 0.296 bits per heavy atom. The Balaban J connectivity index is 0.998. The van der Waals surface area contributed by atoms with Crippen molar-refractivity contribution in [3.05, 3.63) is 212 Å². The minimum absolute atomic E-state index is 0.872. The Bertz CT molecular complexity index is 2880. The van der Waals surface area contributed by atoms with E-state index in [2.05, 4.69) is 199 Å². The van der Waals surface area contributed by atoms with E-state index in [-0.39, 0.29) is 0 Å². The fourth-order valence-corrected chi connectivity index (χ4v) is 7.74. The number of hydrogen-bond acceptors (Lipinski definition) is 2. The Kier molecular flexibility index (Phi) is 7.85. The van der Waals surface area contributed by atoms with Crippen LogP contribution in [0.25, 0.3) is 77.2 Å². The standard InChI is InChI=1S/C52H35NO/c1-2-12-42-34-46(33-26-36(42)10-1)53(45-31-27-41(28-32-45)49-16-6-7-17-50(49)52-35-43-13-4-8-19-51(43)54-52)44-29-24-38(25-30-44)37-20-22-40(23-21-37)48-18-9-14-39-11-3-5-15-47(39)48/h1-35H. The first-order chi connectivity index (χ1) is 26.7. The molecule has 0 aliphatic heterocycles. The summed E-state index contributed by atoms with van der Waals surface area (Å²) in [6.07, 6.45) is 0. The summed E-state index contributed by atoms with van der Waals surface area (Å²) in [5.74, 6) is 0.872. The molecule has 0 saturated heterocycles.